The van der Waals surface area contributed by atoms with E-state index in [1.54, 1.807) is 0 Å². The predicted molar refractivity (Wildman–Crippen MR) is 92.1 cm³/mol. The molecule has 4 nitrogen and oxygen atoms in total. The fraction of sp³-hybridized carbons (Fsp3) is 0.529. The second kappa shape index (κ2) is 7.20. The molecule has 0 saturated carbocycles. The molecule has 5 heteroatoms. The molecule has 1 atom stereocenters. The molecule has 0 amide bonds. The molecule has 0 spiro atoms. The SMILES string of the molecule is Cc1nsc(NCc2ccccc2CN2CCCC(C)C2)n1. The Morgan fingerprint density at radius 3 is 2.86 bits per heavy atom. The summed E-state index contributed by atoms with van der Waals surface area (Å²) in [6.07, 6.45) is 2.70. The van der Waals surface area contributed by atoms with E-state index in [2.05, 4.69) is 50.8 Å². The summed E-state index contributed by atoms with van der Waals surface area (Å²) in [5, 5.41) is 4.30. The number of aryl methyl sites for hydroxylation is 1. The number of aromatic nitrogens is 2. The highest BCUT2D eigenvalue weighted by Gasteiger charge is 2.17. The summed E-state index contributed by atoms with van der Waals surface area (Å²) in [5.41, 5.74) is 2.78. The fourth-order valence-corrected chi connectivity index (χ4v) is 3.66. The van der Waals surface area contributed by atoms with Crippen LogP contribution in [0.25, 0.3) is 0 Å². The lowest BCUT2D eigenvalue weighted by Gasteiger charge is -2.31. The van der Waals surface area contributed by atoms with E-state index in [0.29, 0.717) is 0 Å². The number of nitrogens with zero attached hydrogens (tertiary/aromatic N) is 3. The number of hydrogen-bond acceptors (Lipinski definition) is 5. The maximum atomic E-state index is 4.37. The number of likely N-dealkylation sites (tertiary alicyclic amines) is 1. The lowest BCUT2D eigenvalue weighted by atomic mass is 9.99. The van der Waals surface area contributed by atoms with Crippen LogP contribution >= 0.6 is 11.5 Å². The van der Waals surface area contributed by atoms with Gasteiger partial charge in [0.2, 0.25) is 5.13 Å². The van der Waals surface area contributed by atoms with Gasteiger partial charge in [0, 0.05) is 31.2 Å². The summed E-state index contributed by atoms with van der Waals surface area (Å²) >= 11 is 1.43. The van der Waals surface area contributed by atoms with Crippen molar-refractivity contribution in [3.63, 3.8) is 0 Å². The minimum atomic E-state index is 0.814. The van der Waals surface area contributed by atoms with Gasteiger partial charge in [-0.1, -0.05) is 31.2 Å². The number of nitrogens with one attached hydrogen (secondary N) is 1. The van der Waals surface area contributed by atoms with Crippen molar-refractivity contribution in [1.29, 1.82) is 0 Å². The van der Waals surface area contributed by atoms with Crippen LogP contribution in [0.2, 0.25) is 0 Å². The van der Waals surface area contributed by atoms with Crippen LogP contribution in [0.5, 0.6) is 0 Å². The zero-order valence-electron chi connectivity index (χ0n) is 13.4. The molecule has 22 heavy (non-hydrogen) atoms. The summed E-state index contributed by atoms with van der Waals surface area (Å²) in [6, 6.07) is 8.72. The molecule has 1 unspecified atom stereocenters. The first-order chi connectivity index (χ1) is 10.7. The smallest absolute Gasteiger partial charge is 0.202 e. The number of hydrogen-bond donors (Lipinski definition) is 1. The van der Waals surface area contributed by atoms with Crippen LogP contribution in [0.4, 0.5) is 5.13 Å². The van der Waals surface area contributed by atoms with Crippen LogP contribution in [0.1, 0.15) is 36.7 Å². The molecular weight excluding hydrogens is 292 g/mol. The summed E-state index contributed by atoms with van der Waals surface area (Å²) in [7, 11) is 0. The summed E-state index contributed by atoms with van der Waals surface area (Å²) < 4.78 is 4.21. The van der Waals surface area contributed by atoms with Crippen LogP contribution in [0.3, 0.4) is 0 Å². The van der Waals surface area contributed by atoms with E-state index in [1.807, 2.05) is 6.92 Å². The van der Waals surface area contributed by atoms with Gasteiger partial charge in [-0.25, -0.2) is 4.98 Å². The van der Waals surface area contributed by atoms with E-state index in [9.17, 15) is 0 Å². The molecule has 1 aromatic carbocycles. The van der Waals surface area contributed by atoms with Crippen molar-refractivity contribution in [3.05, 3.63) is 41.2 Å². The van der Waals surface area contributed by atoms with Gasteiger partial charge in [0.25, 0.3) is 0 Å². The van der Waals surface area contributed by atoms with Gasteiger partial charge in [-0.05, 0) is 43.4 Å². The summed E-state index contributed by atoms with van der Waals surface area (Å²) in [4.78, 5) is 6.95. The molecule has 0 radical (unpaired) electrons. The van der Waals surface area contributed by atoms with Crippen molar-refractivity contribution in [2.45, 2.75) is 39.8 Å². The molecule has 2 aromatic rings. The molecule has 2 heterocycles. The van der Waals surface area contributed by atoms with E-state index in [0.717, 1.165) is 30.0 Å². The molecular formula is C17H24N4S. The standard InChI is InChI=1S/C17H24N4S/c1-13-6-5-9-21(11-13)12-16-8-4-3-7-15(16)10-18-17-19-14(2)20-22-17/h3-4,7-8,13H,5-6,9-12H2,1-2H3,(H,18,19,20). The lowest BCUT2D eigenvalue weighted by molar-refractivity contribution is 0.176. The molecule has 1 aromatic heterocycles. The predicted octanol–water partition coefficient (Wildman–Crippen LogP) is 3.69. The first-order valence-corrected chi connectivity index (χ1v) is 8.81. The van der Waals surface area contributed by atoms with Crippen molar-refractivity contribution in [1.82, 2.24) is 14.3 Å². The molecule has 0 bridgehead atoms. The van der Waals surface area contributed by atoms with Crippen LogP contribution in [-0.4, -0.2) is 27.3 Å². The third-order valence-electron chi connectivity index (χ3n) is 4.21. The van der Waals surface area contributed by atoms with Gasteiger partial charge < -0.3 is 5.32 Å². The Bertz CT molecular complexity index is 610. The Hall–Kier alpha value is -1.46. The van der Waals surface area contributed by atoms with Gasteiger partial charge in [0.05, 0.1) is 0 Å². The zero-order chi connectivity index (χ0) is 15.4. The van der Waals surface area contributed by atoms with Gasteiger partial charge in [0.15, 0.2) is 0 Å². The molecule has 0 aliphatic carbocycles. The summed E-state index contributed by atoms with van der Waals surface area (Å²) in [5.74, 6) is 1.66. The topological polar surface area (TPSA) is 41.1 Å². The molecule has 3 rings (SSSR count). The van der Waals surface area contributed by atoms with Crippen LogP contribution in [0, 0.1) is 12.8 Å². The van der Waals surface area contributed by atoms with E-state index in [1.165, 1.54) is 48.6 Å². The van der Waals surface area contributed by atoms with E-state index in [4.69, 9.17) is 0 Å². The zero-order valence-corrected chi connectivity index (χ0v) is 14.2. The first kappa shape index (κ1) is 15.4. The largest absolute Gasteiger partial charge is 0.356 e. The Kier molecular flexibility index (Phi) is 5.05. The highest BCUT2D eigenvalue weighted by molar-refractivity contribution is 7.09. The number of benzene rings is 1. The Labute approximate surface area is 136 Å². The van der Waals surface area contributed by atoms with Crippen molar-refractivity contribution in [2.75, 3.05) is 18.4 Å². The molecule has 1 saturated heterocycles. The van der Waals surface area contributed by atoms with Crippen LogP contribution < -0.4 is 5.32 Å². The van der Waals surface area contributed by atoms with Gasteiger partial charge in [-0.2, -0.15) is 4.37 Å². The number of anilines is 1. The highest BCUT2D eigenvalue weighted by atomic mass is 32.1. The Morgan fingerprint density at radius 2 is 2.14 bits per heavy atom. The second-order valence-electron chi connectivity index (χ2n) is 6.25. The Morgan fingerprint density at radius 1 is 1.32 bits per heavy atom. The summed E-state index contributed by atoms with van der Waals surface area (Å²) in [6.45, 7) is 8.59. The van der Waals surface area contributed by atoms with Gasteiger partial charge in [-0.3, -0.25) is 4.90 Å². The van der Waals surface area contributed by atoms with E-state index in [-0.39, 0.29) is 0 Å². The van der Waals surface area contributed by atoms with Gasteiger partial charge >= 0.3 is 0 Å². The molecule has 1 N–H and O–H groups in total. The lowest BCUT2D eigenvalue weighted by Crippen LogP contribution is -2.34. The van der Waals surface area contributed by atoms with E-state index >= 15 is 0 Å². The Balaban J connectivity index is 1.64. The second-order valence-corrected chi connectivity index (χ2v) is 7.00. The maximum Gasteiger partial charge on any atom is 0.202 e. The van der Waals surface area contributed by atoms with Gasteiger partial charge in [0.1, 0.15) is 5.82 Å². The number of rotatable bonds is 5. The van der Waals surface area contributed by atoms with Gasteiger partial charge in [-0.15, -0.1) is 0 Å². The van der Waals surface area contributed by atoms with Crippen molar-refractivity contribution < 1.29 is 0 Å². The van der Waals surface area contributed by atoms with Crippen molar-refractivity contribution in [3.8, 4) is 0 Å². The average Bonchev–Trinajstić information content (AvgIpc) is 2.92. The normalized spacial score (nSPS) is 19.3. The fourth-order valence-electron chi connectivity index (χ4n) is 3.10. The first-order valence-electron chi connectivity index (χ1n) is 8.04. The minimum Gasteiger partial charge on any atom is -0.356 e. The van der Waals surface area contributed by atoms with Crippen LogP contribution in [-0.2, 0) is 13.1 Å². The maximum absolute atomic E-state index is 4.37. The quantitative estimate of drug-likeness (QED) is 0.913. The molecule has 118 valence electrons. The van der Waals surface area contributed by atoms with E-state index < -0.39 is 0 Å². The van der Waals surface area contributed by atoms with Crippen molar-refractivity contribution >= 4 is 16.7 Å². The number of piperidine rings is 1. The monoisotopic (exact) mass is 316 g/mol. The molecule has 1 fully saturated rings. The minimum absolute atomic E-state index is 0.814. The molecule has 1 aliphatic rings. The highest BCUT2D eigenvalue weighted by Crippen LogP contribution is 2.20. The third kappa shape index (κ3) is 4.05. The third-order valence-corrected chi connectivity index (χ3v) is 4.98. The molecule has 1 aliphatic heterocycles. The average molecular weight is 316 g/mol. The van der Waals surface area contributed by atoms with Crippen molar-refractivity contribution in [2.24, 2.45) is 5.92 Å². The van der Waals surface area contributed by atoms with Crippen LogP contribution in [0.15, 0.2) is 24.3 Å².